The van der Waals surface area contributed by atoms with Crippen LogP contribution in [-0.4, -0.2) is 51.7 Å². The van der Waals surface area contributed by atoms with Crippen LogP contribution in [0.2, 0.25) is 0 Å². The lowest BCUT2D eigenvalue weighted by atomic mass is 10.6. The molecule has 3 N–H and O–H groups in total. The summed E-state index contributed by atoms with van der Waals surface area (Å²) in [7, 11) is 0. The van der Waals surface area contributed by atoms with Crippen molar-refractivity contribution in [2.24, 2.45) is 5.28 Å². The molecule has 0 atom stereocenters. The summed E-state index contributed by atoms with van der Waals surface area (Å²) < 4.78 is 0. The lowest BCUT2D eigenvalue weighted by Crippen LogP contribution is -2.35. The Morgan fingerprint density at radius 2 is 1.73 bits per heavy atom. The molecule has 0 heterocycles. The quantitative estimate of drug-likeness (QED) is 0.262. The molecule has 66 valence electrons. The van der Waals surface area contributed by atoms with Gasteiger partial charge in [-0.1, -0.05) is 0 Å². The second-order valence-corrected chi connectivity index (χ2v) is 1.74. The van der Waals surface area contributed by atoms with Crippen molar-refractivity contribution in [1.82, 2.24) is 5.01 Å². The molecule has 0 unspecified atom stereocenters. The number of aliphatic hydroxyl groups is 2. The van der Waals surface area contributed by atoms with E-state index in [0.717, 1.165) is 5.01 Å². The zero-order chi connectivity index (χ0) is 8.69. The van der Waals surface area contributed by atoms with Gasteiger partial charge in [0.25, 0.3) is 0 Å². The van der Waals surface area contributed by atoms with Gasteiger partial charge in [-0.05, 0) is 0 Å². The first-order valence-electron chi connectivity index (χ1n) is 3.05. The fourth-order valence-corrected chi connectivity index (χ4v) is 0.570. The van der Waals surface area contributed by atoms with Crippen molar-refractivity contribution in [1.29, 1.82) is 0 Å². The molecule has 0 aliphatic rings. The highest BCUT2D eigenvalue weighted by Gasteiger charge is 2.09. The van der Waals surface area contributed by atoms with Crippen LogP contribution in [0.1, 0.15) is 0 Å². The third kappa shape index (κ3) is 3.58. The van der Waals surface area contributed by atoms with E-state index >= 15 is 0 Å². The summed E-state index contributed by atoms with van der Waals surface area (Å²) in [6.07, 6.45) is 0. The zero-order valence-electron chi connectivity index (χ0n) is 5.92. The molecule has 7 nitrogen and oxygen atoms in total. The highest BCUT2D eigenvalue weighted by atomic mass is 16.6. The minimum Gasteiger partial charge on any atom is -0.569 e. The lowest BCUT2D eigenvalue weighted by molar-refractivity contribution is -0.710. The molecule has 0 aromatic rings. The molecule has 7 heteroatoms. The van der Waals surface area contributed by atoms with Crippen molar-refractivity contribution >= 4 is 0 Å². The highest BCUT2D eigenvalue weighted by molar-refractivity contribution is 4.40. The summed E-state index contributed by atoms with van der Waals surface area (Å²) in [4.78, 5) is -0.0908. The van der Waals surface area contributed by atoms with Gasteiger partial charge in [-0.25, -0.2) is 0 Å². The third-order valence-electron chi connectivity index (χ3n) is 1.03. The van der Waals surface area contributed by atoms with Crippen LogP contribution in [0.15, 0.2) is 5.28 Å². The van der Waals surface area contributed by atoms with Crippen molar-refractivity contribution in [3.8, 4) is 0 Å². The van der Waals surface area contributed by atoms with Gasteiger partial charge in [0.15, 0.2) is 0 Å². The van der Waals surface area contributed by atoms with Crippen LogP contribution < -0.4 is 0 Å². The van der Waals surface area contributed by atoms with E-state index in [4.69, 9.17) is 15.4 Å². The molecule has 0 aliphatic carbocycles. The Kier molecular flexibility index (Phi) is 5.13. The minimum absolute atomic E-state index is 0.0219. The van der Waals surface area contributed by atoms with Crippen molar-refractivity contribution in [3.05, 3.63) is 5.21 Å². The predicted octanol–water partition coefficient (Wildman–Crippen LogP) is -1.46. The van der Waals surface area contributed by atoms with Crippen molar-refractivity contribution in [3.63, 3.8) is 0 Å². The van der Waals surface area contributed by atoms with Gasteiger partial charge in [-0.3, -0.25) is 0 Å². The second kappa shape index (κ2) is 5.69. The molecular formula is C4H11N3O4. The Hall–Kier alpha value is -1.08. The van der Waals surface area contributed by atoms with E-state index in [-0.39, 0.29) is 31.3 Å². The van der Waals surface area contributed by atoms with E-state index in [1.165, 1.54) is 0 Å². The maximum atomic E-state index is 10.5. The monoisotopic (exact) mass is 165 g/mol. The molecule has 0 aromatic carbocycles. The third-order valence-corrected chi connectivity index (χ3v) is 1.03. The molecule has 0 saturated carbocycles. The van der Waals surface area contributed by atoms with E-state index in [1.54, 1.807) is 0 Å². The van der Waals surface area contributed by atoms with Gasteiger partial charge in [0, 0.05) is 0 Å². The number of hydrogen-bond donors (Lipinski definition) is 3. The molecule has 0 saturated heterocycles. The first kappa shape index (κ1) is 9.92. The molecule has 0 spiro atoms. The first-order valence-corrected chi connectivity index (χ1v) is 3.05. The Bertz CT molecular complexity index is 123. The topological polar surface area (TPSA) is 102 Å². The number of nitrogens with zero attached hydrogens (tertiary/aromatic N) is 3. The van der Waals surface area contributed by atoms with Crippen molar-refractivity contribution in [2.45, 2.75) is 0 Å². The molecule has 0 aromatic heterocycles. The molecular weight excluding hydrogens is 154 g/mol. The minimum atomic E-state index is -0.242. The summed E-state index contributed by atoms with van der Waals surface area (Å²) >= 11 is 0. The number of hydrazine groups is 1. The summed E-state index contributed by atoms with van der Waals surface area (Å²) in [6.45, 7) is -0.440. The summed E-state index contributed by atoms with van der Waals surface area (Å²) in [5.74, 6) is 0. The predicted molar refractivity (Wildman–Crippen MR) is 33.6 cm³/mol. The molecule has 0 rings (SSSR count). The lowest BCUT2D eigenvalue weighted by Gasteiger charge is -2.14. The molecule has 0 fully saturated rings. The summed E-state index contributed by atoms with van der Waals surface area (Å²) in [6, 6.07) is 0. The van der Waals surface area contributed by atoms with Gasteiger partial charge in [-0.15, -0.1) is 5.01 Å². The molecule has 11 heavy (non-hydrogen) atoms. The average molecular weight is 165 g/mol. The molecule has 0 radical (unpaired) electrons. The van der Waals surface area contributed by atoms with Gasteiger partial charge in [0.05, 0.1) is 18.2 Å². The van der Waals surface area contributed by atoms with Gasteiger partial charge in [0.1, 0.15) is 13.1 Å². The van der Waals surface area contributed by atoms with E-state index < -0.39 is 0 Å². The van der Waals surface area contributed by atoms with Crippen LogP contribution in [0.5, 0.6) is 0 Å². The van der Waals surface area contributed by atoms with E-state index in [1.807, 2.05) is 0 Å². The van der Waals surface area contributed by atoms with Crippen LogP contribution in [0.4, 0.5) is 0 Å². The van der Waals surface area contributed by atoms with Crippen LogP contribution in [0.3, 0.4) is 0 Å². The number of aliphatic hydroxyl groups excluding tert-OH is 2. The van der Waals surface area contributed by atoms with E-state index in [2.05, 4.69) is 5.28 Å². The highest BCUT2D eigenvalue weighted by Crippen LogP contribution is 1.87. The Balaban J connectivity index is 3.87. The number of hydrogen-bond acceptors (Lipinski definition) is 4. The Labute approximate surface area is 63.3 Å². The average Bonchev–Trinajstić information content (AvgIpc) is 2.03. The van der Waals surface area contributed by atoms with E-state index in [0.29, 0.717) is 0 Å². The fourth-order valence-electron chi connectivity index (χ4n) is 0.570. The summed E-state index contributed by atoms with van der Waals surface area (Å²) in [5.41, 5.74) is 0. The maximum Gasteiger partial charge on any atom is 0.230 e. The van der Waals surface area contributed by atoms with Gasteiger partial charge in [-0.2, -0.15) is 0 Å². The van der Waals surface area contributed by atoms with Gasteiger partial charge in [0.2, 0.25) is 5.28 Å². The van der Waals surface area contributed by atoms with Gasteiger partial charge >= 0.3 is 0 Å². The largest absolute Gasteiger partial charge is 0.569 e. The van der Waals surface area contributed by atoms with Crippen molar-refractivity contribution < 1.29 is 20.4 Å². The van der Waals surface area contributed by atoms with Crippen LogP contribution in [-0.2, 0) is 0 Å². The van der Waals surface area contributed by atoms with Gasteiger partial charge < -0.3 is 20.6 Å². The summed E-state index contributed by atoms with van der Waals surface area (Å²) in [5, 5.41) is 38.5. The molecule has 0 amide bonds. The van der Waals surface area contributed by atoms with E-state index in [9.17, 15) is 5.21 Å². The zero-order valence-corrected chi connectivity index (χ0v) is 5.92. The molecule has 0 bridgehead atoms. The van der Waals surface area contributed by atoms with Crippen LogP contribution in [0.25, 0.3) is 0 Å². The fraction of sp³-hybridized carbons (Fsp3) is 1.00. The standard InChI is InChI=1S/C4H11N3O4/c8-3-1-6(2-4-9)7(11)5-10/h8-10H,1-4H2/b7-5-. The Morgan fingerprint density at radius 1 is 1.27 bits per heavy atom. The van der Waals surface area contributed by atoms with Crippen molar-refractivity contribution in [2.75, 3.05) is 26.3 Å². The number of rotatable bonds is 5. The normalized spacial score (nSPS) is 11.6. The second-order valence-electron chi connectivity index (χ2n) is 1.74. The molecule has 0 aliphatic heterocycles. The smallest absolute Gasteiger partial charge is 0.230 e. The van der Waals surface area contributed by atoms with Crippen LogP contribution >= 0.6 is 0 Å². The first-order chi connectivity index (χ1) is 5.26. The Morgan fingerprint density at radius 3 is 2.00 bits per heavy atom. The SMILES string of the molecule is [O-]/[N+](=N\O)N(CCO)CCO. The maximum absolute atomic E-state index is 10.5. The van der Waals surface area contributed by atoms with Crippen LogP contribution in [0, 0.1) is 5.21 Å².